The summed E-state index contributed by atoms with van der Waals surface area (Å²) in [5.74, 6) is 1.42. The van der Waals surface area contributed by atoms with E-state index in [0.717, 1.165) is 17.0 Å². The third-order valence-corrected chi connectivity index (χ3v) is 2.90. The van der Waals surface area contributed by atoms with Crippen LogP contribution in [0.2, 0.25) is 0 Å². The SMILES string of the molecule is Cc1noc(C)c1[C@@H](C)CNc1ccc(F)cn1. The number of aryl methyl sites for hydroxylation is 2. The summed E-state index contributed by atoms with van der Waals surface area (Å²) in [7, 11) is 0. The molecule has 0 fully saturated rings. The maximum absolute atomic E-state index is 12.7. The zero-order chi connectivity index (χ0) is 13.1. The molecule has 2 heterocycles. The van der Waals surface area contributed by atoms with Gasteiger partial charge in [-0.3, -0.25) is 0 Å². The van der Waals surface area contributed by atoms with E-state index < -0.39 is 0 Å². The van der Waals surface area contributed by atoms with Gasteiger partial charge in [-0.1, -0.05) is 12.1 Å². The number of hydrogen-bond acceptors (Lipinski definition) is 4. The van der Waals surface area contributed by atoms with Gasteiger partial charge >= 0.3 is 0 Å². The molecule has 5 heteroatoms. The van der Waals surface area contributed by atoms with Crippen LogP contribution in [0.4, 0.5) is 10.2 Å². The minimum absolute atomic E-state index is 0.253. The summed E-state index contributed by atoms with van der Waals surface area (Å²) in [6.45, 7) is 6.62. The van der Waals surface area contributed by atoms with E-state index in [0.29, 0.717) is 12.4 Å². The number of aromatic nitrogens is 2. The van der Waals surface area contributed by atoms with Crippen molar-refractivity contribution in [2.75, 3.05) is 11.9 Å². The number of hydrogen-bond donors (Lipinski definition) is 1. The van der Waals surface area contributed by atoms with E-state index in [1.54, 1.807) is 6.07 Å². The van der Waals surface area contributed by atoms with Gasteiger partial charge in [0.1, 0.15) is 17.4 Å². The average Bonchev–Trinajstić information content (AvgIpc) is 2.68. The van der Waals surface area contributed by atoms with Gasteiger partial charge in [0.05, 0.1) is 11.9 Å². The lowest BCUT2D eigenvalue weighted by molar-refractivity contribution is 0.391. The van der Waals surface area contributed by atoms with Gasteiger partial charge in [-0.2, -0.15) is 0 Å². The molecule has 0 saturated heterocycles. The number of pyridine rings is 1. The molecule has 0 aliphatic carbocycles. The van der Waals surface area contributed by atoms with Gasteiger partial charge in [-0.25, -0.2) is 9.37 Å². The maximum atomic E-state index is 12.7. The largest absolute Gasteiger partial charge is 0.369 e. The first-order valence-electron chi connectivity index (χ1n) is 5.86. The molecule has 0 unspecified atom stereocenters. The molecule has 0 amide bonds. The van der Waals surface area contributed by atoms with Crippen LogP contribution in [-0.4, -0.2) is 16.7 Å². The number of halogens is 1. The first-order valence-corrected chi connectivity index (χ1v) is 5.86. The Bertz CT molecular complexity index is 502. The maximum Gasteiger partial charge on any atom is 0.141 e. The lowest BCUT2D eigenvalue weighted by Crippen LogP contribution is -2.12. The molecule has 0 spiro atoms. The van der Waals surface area contributed by atoms with Crippen LogP contribution in [0.1, 0.15) is 29.9 Å². The molecule has 1 atom stereocenters. The summed E-state index contributed by atoms with van der Waals surface area (Å²) >= 11 is 0. The Morgan fingerprint density at radius 2 is 2.17 bits per heavy atom. The van der Waals surface area contributed by atoms with Crippen molar-refractivity contribution in [3.63, 3.8) is 0 Å². The predicted octanol–water partition coefficient (Wildman–Crippen LogP) is 3.04. The molecular weight excluding hydrogens is 233 g/mol. The molecule has 2 rings (SSSR count). The summed E-state index contributed by atoms with van der Waals surface area (Å²) in [6, 6.07) is 3.01. The standard InChI is InChI=1S/C13H16FN3O/c1-8(13-9(2)17-18-10(13)3)6-15-12-5-4-11(14)7-16-12/h4-5,7-8H,6H2,1-3H3,(H,15,16)/t8-/m0/s1. The monoisotopic (exact) mass is 249 g/mol. The first-order chi connectivity index (χ1) is 8.58. The van der Waals surface area contributed by atoms with E-state index in [-0.39, 0.29) is 11.7 Å². The quantitative estimate of drug-likeness (QED) is 0.904. The van der Waals surface area contributed by atoms with Crippen molar-refractivity contribution in [1.82, 2.24) is 10.1 Å². The van der Waals surface area contributed by atoms with E-state index in [2.05, 4.69) is 22.4 Å². The molecule has 0 saturated carbocycles. The van der Waals surface area contributed by atoms with Crippen molar-refractivity contribution < 1.29 is 8.91 Å². The van der Waals surface area contributed by atoms with Crippen LogP contribution in [0.25, 0.3) is 0 Å². The Kier molecular flexibility index (Phi) is 3.60. The molecule has 0 aromatic carbocycles. The fourth-order valence-corrected chi connectivity index (χ4v) is 2.03. The molecule has 2 aromatic heterocycles. The van der Waals surface area contributed by atoms with Crippen LogP contribution in [0.5, 0.6) is 0 Å². The molecule has 0 bridgehead atoms. The Hall–Kier alpha value is -1.91. The van der Waals surface area contributed by atoms with Crippen molar-refractivity contribution in [3.05, 3.63) is 41.2 Å². The van der Waals surface area contributed by atoms with Crippen LogP contribution < -0.4 is 5.32 Å². The molecule has 96 valence electrons. The van der Waals surface area contributed by atoms with Gasteiger partial charge in [-0.15, -0.1) is 0 Å². The van der Waals surface area contributed by atoms with E-state index in [4.69, 9.17) is 4.52 Å². The summed E-state index contributed by atoms with van der Waals surface area (Å²) in [5.41, 5.74) is 2.03. The summed E-state index contributed by atoms with van der Waals surface area (Å²) < 4.78 is 17.8. The van der Waals surface area contributed by atoms with Gasteiger partial charge in [0, 0.05) is 18.0 Å². The van der Waals surface area contributed by atoms with Crippen LogP contribution in [0, 0.1) is 19.7 Å². The Morgan fingerprint density at radius 3 is 2.72 bits per heavy atom. The molecule has 18 heavy (non-hydrogen) atoms. The Balaban J connectivity index is 2.00. The number of rotatable bonds is 4. The van der Waals surface area contributed by atoms with Crippen molar-refractivity contribution in [2.24, 2.45) is 0 Å². The second-order valence-corrected chi connectivity index (χ2v) is 4.38. The zero-order valence-corrected chi connectivity index (χ0v) is 10.7. The molecule has 4 nitrogen and oxygen atoms in total. The fraction of sp³-hybridized carbons (Fsp3) is 0.385. The topological polar surface area (TPSA) is 51.0 Å². The summed E-state index contributed by atoms with van der Waals surface area (Å²) in [6.07, 6.45) is 1.20. The minimum atomic E-state index is -0.334. The van der Waals surface area contributed by atoms with Gasteiger partial charge in [-0.05, 0) is 26.0 Å². The molecule has 2 aromatic rings. The highest BCUT2D eigenvalue weighted by Crippen LogP contribution is 2.23. The normalized spacial score (nSPS) is 12.4. The van der Waals surface area contributed by atoms with Crippen LogP contribution in [0.3, 0.4) is 0 Å². The third kappa shape index (κ3) is 2.67. The summed E-state index contributed by atoms with van der Waals surface area (Å²) in [5, 5.41) is 7.10. The third-order valence-electron chi connectivity index (χ3n) is 2.90. The highest BCUT2D eigenvalue weighted by Gasteiger charge is 2.16. The zero-order valence-electron chi connectivity index (χ0n) is 10.7. The molecular formula is C13H16FN3O. The first kappa shape index (κ1) is 12.5. The minimum Gasteiger partial charge on any atom is -0.369 e. The Morgan fingerprint density at radius 1 is 1.39 bits per heavy atom. The molecule has 0 aliphatic rings. The van der Waals surface area contributed by atoms with Gasteiger partial charge in [0.2, 0.25) is 0 Å². The predicted molar refractivity (Wildman–Crippen MR) is 67.1 cm³/mol. The highest BCUT2D eigenvalue weighted by atomic mass is 19.1. The fourth-order valence-electron chi connectivity index (χ4n) is 2.03. The van der Waals surface area contributed by atoms with Crippen molar-refractivity contribution >= 4 is 5.82 Å². The number of nitrogens with zero attached hydrogens (tertiary/aromatic N) is 2. The van der Waals surface area contributed by atoms with Gasteiger partial charge in [0.15, 0.2) is 0 Å². The molecule has 0 radical (unpaired) electrons. The lowest BCUT2D eigenvalue weighted by atomic mass is 9.99. The van der Waals surface area contributed by atoms with Crippen LogP contribution >= 0.6 is 0 Å². The molecule has 1 N–H and O–H groups in total. The van der Waals surface area contributed by atoms with E-state index in [1.807, 2.05) is 13.8 Å². The van der Waals surface area contributed by atoms with E-state index in [1.165, 1.54) is 12.3 Å². The van der Waals surface area contributed by atoms with E-state index in [9.17, 15) is 4.39 Å². The molecule has 0 aliphatic heterocycles. The smallest absolute Gasteiger partial charge is 0.141 e. The van der Waals surface area contributed by atoms with Gasteiger partial charge < -0.3 is 9.84 Å². The van der Waals surface area contributed by atoms with E-state index >= 15 is 0 Å². The van der Waals surface area contributed by atoms with Crippen LogP contribution in [0.15, 0.2) is 22.9 Å². The highest BCUT2D eigenvalue weighted by molar-refractivity contribution is 5.35. The Labute approximate surface area is 105 Å². The summed E-state index contributed by atoms with van der Waals surface area (Å²) in [4.78, 5) is 3.95. The van der Waals surface area contributed by atoms with Crippen molar-refractivity contribution in [2.45, 2.75) is 26.7 Å². The van der Waals surface area contributed by atoms with Crippen LogP contribution in [-0.2, 0) is 0 Å². The van der Waals surface area contributed by atoms with Gasteiger partial charge in [0.25, 0.3) is 0 Å². The average molecular weight is 249 g/mol. The number of nitrogens with one attached hydrogen (secondary N) is 1. The van der Waals surface area contributed by atoms with Crippen molar-refractivity contribution in [3.8, 4) is 0 Å². The van der Waals surface area contributed by atoms with Crippen molar-refractivity contribution in [1.29, 1.82) is 0 Å². The second-order valence-electron chi connectivity index (χ2n) is 4.38. The second kappa shape index (κ2) is 5.16. The lowest BCUT2D eigenvalue weighted by Gasteiger charge is -2.12. The number of anilines is 1.